The molecule has 1 atom stereocenters. The molecule has 0 saturated heterocycles. The second kappa shape index (κ2) is 7.07. The van der Waals surface area contributed by atoms with Crippen LogP contribution in [-0.4, -0.2) is 40.7 Å². The summed E-state index contributed by atoms with van der Waals surface area (Å²) in [6, 6.07) is 3.51. The standard InChI is InChI=1S/C12H12FNO6/c13-7-2-1-3-8(4-7)20-6-10(15)14-9(12(18)19)5-11(16)17/h1-4,9H,5-6H2,(H,14,15)(H,16,17)(H,18,19)/t9-/m0/s1. The third-order valence-corrected chi connectivity index (χ3v) is 2.18. The van der Waals surface area contributed by atoms with Crippen molar-refractivity contribution in [2.24, 2.45) is 0 Å². The molecule has 0 aliphatic rings. The molecule has 1 amide bonds. The number of carboxylic acid groups (broad SMARTS) is 2. The quantitative estimate of drug-likeness (QED) is 0.662. The van der Waals surface area contributed by atoms with Gasteiger partial charge in [-0.05, 0) is 12.1 Å². The monoisotopic (exact) mass is 285 g/mol. The summed E-state index contributed by atoms with van der Waals surface area (Å²) in [4.78, 5) is 32.6. The maximum atomic E-state index is 12.8. The van der Waals surface area contributed by atoms with E-state index in [-0.39, 0.29) is 5.75 Å². The molecule has 8 heteroatoms. The third kappa shape index (κ3) is 5.34. The van der Waals surface area contributed by atoms with Crippen molar-refractivity contribution in [2.45, 2.75) is 12.5 Å². The summed E-state index contributed by atoms with van der Waals surface area (Å²) in [6.45, 7) is -0.549. The SMILES string of the molecule is O=C(O)C[C@H](NC(=O)COc1cccc(F)c1)C(=O)O. The zero-order valence-corrected chi connectivity index (χ0v) is 10.2. The molecule has 20 heavy (non-hydrogen) atoms. The number of aliphatic carboxylic acids is 2. The fourth-order valence-corrected chi connectivity index (χ4v) is 1.32. The Hall–Kier alpha value is -2.64. The van der Waals surface area contributed by atoms with Gasteiger partial charge in [-0.2, -0.15) is 0 Å². The summed E-state index contributed by atoms with van der Waals surface area (Å²) >= 11 is 0. The molecule has 7 nitrogen and oxygen atoms in total. The summed E-state index contributed by atoms with van der Waals surface area (Å²) in [5.74, 6) is -4.08. The topological polar surface area (TPSA) is 113 Å². The maximum absolute atomic E-state index is 12.8. The van der Waals surface area contributed by atoms with Gasteiger partial charge in [0.1, 0.15) is 17.6 Å². The van der Waals surface area contributed by atoms with Gasteiger partial charge in [0.15, 0.2) is 6.61 Å². The van der Waals surface area contributed by atoms with E-state index in [0.717, 1.165) is 6.07 Å². The van der Waals surface area contributed by atoms with Crippen LogP contribution in [0.4, 0.5) is 4.39 Å². The molecule has 0 aliphatic carbocycles. The summed E-state index contributed by atoms with van der Waals surface area (Å²) in [5, 5.41) is 19.2. The van der Waals surface area contributed by atoms with E-state index in [9.17, 15) is 18.8 Å². The Morgan fingerprint density at radius 1 is 1.30 bits per heavy atom. The first-order valence-electron chi connectivity index (χ1n) is 5.51. The Balaban J connectivity index is 2.49. The van der Waals surface area contributed by atoms with Crippen LogP contribution in [0.5, 0.6) is 5.75 Å². The first-order valence-corrected chi connectivity index (χ1v) is 5.51. The minimum atomic E-state index is -1.55. The molecule has 0 radical (unpaired) electrons. The first-order chi connectivity index (χ1) is 9.38. The van der Waals surface area contributed by atoms with Crippen molar-refractivity contribution >= 4 is 17.8 Å². The Bertz CT molecular complexity index is 518. The predicted molar refractivity (Wildman–Crippen MR) is 63.7 cm³/mol. The van der Waals surface area contributed by atoms with Crippen molar-refractivity contribution in [3.63, 3.8) is 0 Å². The van der Waals surface area contributed by atoms with E-state index < -0.39 is 42.7 Å². The van der Waals surface area contributed by atoms with Crippen molar-refractivity contribution in [1.29, 1.82) is 0 Å². The van der Waals surface area contributed by atoms with Crippen LogP contribution in [0.1, 0.15) is 6.42 Å². The van der Waals surface area contributed by atoms with Gasteiger partial charge in [-0.25, -0.2) is 9.18 Å². The van der Waals surface area contributed by atoms with Gasteiger partial charge in [0.2, 0.25) is 0 Å². The van der Waals surface area contributed by atoms with Crippen LogP contribution in [0.25, 0.3) is 0 Å². The minimum absolute atomic E-state index is 0.102. The average Bonchev–Trinajstić information content (AvgIpc) is 2.35. The number of carboxylic acids is 2. The molecule has 0 heterocycles. The van der Waals surface area contributed by atoms with E-state index in [4.69, 9.17) is 14.9 Å². The van der Waals surface area contributed by atoms with E-state index in [1.807, 2.05) is 5.32 Å². The predicted octanol–water partition coefficient (Wildman–Crippen LogP) is 0.249. The Morgan fingerprint density at radius 3 is 2.55 bits per heavy atom. The van der Waals surface area contributed by atoms with Crippen molar-refractivity contribution in [3.05, 3.63) is 30.1 Å². The molecule has 0 aromatic heterocycles. The van der Waals surface area contributed by atoms with E-state index in [2.05, 4.69) is 0 Å². The normalized spacial score (nSPS) is 11.4. The zero-order valence-electron chi connectivity index (χ0n) is 10.2. The second-order valence-electron chi connectivity index (χ2n) is 3.80. The molecule has 108 valence electrons. The summed E-state index contributed by atoms with van der Waals surface area (Å²) in [7, 11) is 0. The smallest absolute Gasteiger partial charge is 0.326 e. The molecule has 0 spiro atoms. The van der Waals surface area contributed by atoms with Gasteiger partial charge >= 0.3 is 11.9 Å². The second-order valence-corrected chi connectivity index (χ2v) is 3.80. The van der Waals surface area contributed by atoms with Crippen molar-refractivity contribution < 1.29 is 33.7 Å². The van der Waals surface area contributed by atoms with Crippen LogP contribution in [-0.2, 0) is 14.4 Å². The lowest BCUT2D eigenvalue weighted by Gasteiger charge is -2.12. The first kappa shape index (κ1) is 15.4. The minimum Gasteiger partial charge on any atom is -0.484 e. The van der Waals surface area contributed by atoms with Gasteiger partial charge in [0.05, 0.1) is 6.42 Å². The highest BCUT2D eigenvalue weighted by Gasteiger charge is 2.23. The number of benzene rings is 1. The lowest BCUT2D eigenvalue weighted by atomic mass is 10.2. The fraction of sp³-hybridized carbons (Fsp3) is 0.250. The number of hydrogen-bond acceptors (Lipinski definition) is 4. The van der Waals surface area contributed by atoms with Crippen LogP contribution in [0.2, 0.25) is 0 Å². The van der Waals surface area contributed by atoms with Gasteiger partial charge in [0.25, 0.3) is 5.91 Å². The summed E-state index contributed by atoms with van der Waals surface area (Å²) < 4.78 is 17.8. The number of amides is 1. The average molecular weight is 285 g/mol. The fourth-order valence-electron chi connectivity index (χ4n) is 1.32. The molecule has 0 saturated carbocycles. The number of rotatable bonds is 7. The number of hydrogen-bond donors (Lipinski definition) is 3. The summed E-state index contributed by atoms with van der Waals surface area (Å²) in [6.07, 6.45) is -0.749. The van der Waals surface area contributed by atoms with Crippen LogP contribution in [0.3, 0.4) is 0 Å². The molecular weight excluding hydrogens is 273 g/mol. The largest absolute Gasteiger partial charge is 0.484 e. The Kier molecular flexibility index (Phi) is 5.45. The lowest BCUT2D eigenvalue weighted by Crippen LogP contribution is -2.44. The van der Waals surface area contributed by atoms with E-state index in [1.165, 1.54) is 18.2 Å². The van der Waals surface area contributed by atoms with Gasteiger partial charge in [-0.15, -0.1) is 0 Å². The van der Waals surface area contributed by atoms with Gasteiger partial charge in [-0.1, -0.05) is 6.07 Å². The maximum Gasteiger partial charge on any atom is 0.326 e. The van der Waals surface area contributed by atoms with Gasteiger partial charge in [-0.3, -0.25) is 9.59 Å². The van der Waals surface area contributed by atoms with E-state index in [1.54, 1.807) is 0 Å². The van der Waals surface area contributed by atoms with Crippen LogP contribution < -0.4 is 10.1 Å². The van der Waals surface area contributed by atoms with Crippen molar-refractivity contribution in [3.8, 4) is 5.75 Å². The van der Waals surface area contributed by atoms with Gasteiger partial charge in [0, 0.05) is 6.07 Å². The molecule has 1 rings (SSSR count). The highest BCUT2D eigenvalue weighted by molar-refractivity contribution is 5.87. The third-order valence-electron chi connectivity index (χ3n) is 2.18. The Labute approximate surface area is 113 Å². The van der Waals surface area contributed by atoms with E-state index >= 15 is 0 Å². The molecule has 1 aromatic carbocycles. The Morgan fingerprint density at radius 2 is 2.00 bits per heavy atom. The van der Waals surface area contributed by atoms with Gasteiger partial charge < -0.3 is 20.3 Å². The highest BCUT2D eigenvalue weighted by atomic mass is 19.1. The molecule has 0 bridgehead atoms. The van der Waals surface area contributed by atoms with Crippen molar-refractivity contribution in [1.82, 2.24) is 5.32 Å². The number of carbonyl (C=O) groups excluding carboxylic acids is 1. The molecule has 1 aromatic rings. The number of nitrogens with one attached hydrogen (secondary N) is 1. The zero-order chi connectivity index (χ0) is 15.1. The number of halogens is 1. The molecule has 3 N–H and O–H groups in total. The number of ether oxygens (including phenoxy) is 1. The highest BCUT2D eigenvalue weighted by Crippen LogP contribution is 2.11. The van der Waals surface area contributed by atoms with Crippen LogP contribution >= 0.6 is 0 Å². The van der Waals surface area contributed by atoms with E-state index in [0.29, 0.717) is 0 Å². The molecular formula is C12H12FNO6. The summed E-state index contributed by atoms with van der Waals surface area (Å²) in [5.41, 5.74) is 0. The number of carbonyl (C=O) groups is 3. The van der Waals surface area contributed by atoms with Crippen LogP contribution in [0, 0.1) is 5.82 Å². The molecule has 0 unspecified atom stereocenters. The molecule has 0 aliphatic heterocycles. The van der Waals surface area contributed by atoms with Crippen LogP contribution in [0.15, 0.2) is 24.3 Å². The van der Waals surface area contributed by atoms with Crippen molar-refractivity contribution in [2.75, 3.05) is 6.61 Å². The lowest BCUT2D eigenvalue weighted by molar-refractivity contribution is -0.147. The molecule has 0 fully saturated rings.